The molecule has 6 heteroatoms. The number of pyridine rings is 1. The van der Waals surface area contributed by atoms with Crippen molar-refractivity contribution < 1.29 is 9.47 Å². The van der Waals surface area contributed by atoms with E-state index in [0.717, 1.165) is 34.2 Å². The van der Waals surface area contributed by atoms with Crippen molar-refractivity contribution in [2.45, 2.75) is 32.9 Å². The van der Waals surface area contributed by atoms with Crippen LogP contribution in [0.4, 0.5) is 5.95 Å². The van der Waals surface area contributed by atoms with E-state index in [1.807, 2.05) is 30.3 Å². The molecule has 132 valence electrons. The van der Waals surface area contributed by atoms with Gasteiger partial charge in [-0.3, -0.25) is 0 Å². The lowest BCUT2D eigenvalue weighted by atomic mass is 10.1. The Hall–Kier alpha value is -2.76. The minimum absolute atomic E-state index is 0.108. The number of imidazole rings is 1. The first-order valence-corrected chi connectivity index (χ1v) is 8.21. The van der Waals surface area contributed by atoms with Crippen LogP contribution in [0.15, 0.2) is 36.5 Å². The summed E-state index contributed by atoms with van der Waals surface area (Å²) in [7, 11) is 3.31. The van der Waals surface area contributed by atoms with E-state index in [1.54, 1.807) is 20.4 Å². The van der Waals surface area contributed by atoms with Gasteiger partial charge in [0, 0.05) is 23.4 Å². The summed E-state index contributed by atoms with van der Waals surface area (Å²) in [5.41, 5.74) is 2.64. The second kappa shape index (κ2) is 6.63. The number of fused-ring (bicyclic) bond motifs is 1. The smallest absolute Gasteiger partial charge is 0.206 e. The molecule has 25 heavy (non-hydrogen) atoms. The predicted octanol–water partition coefficient (Wildman–Crippen LogP) is 3.71. The molecular weight excluding hydrogens is 316 g/mol. The molecule has 2 aromatic heterocycles. The van der Waals surface area contributed by atoms with Gasteiger partial charge in [0.05, 0.1) is 26.3 Å². The topological polar surface area (TPSA) is 61.2 Å². The molecule has 1 N–H and O–H groups in total. The first-order chi connectivity index (χ1) is 11.9. The minimum Gasteiger partial charge on any atom is -0.497 e. The lowest BCUT2D eigenvalue weighted by Gasteiger charge is -2.22. The molecule has 0 saturated heterocycles. The van der Waals surface area contributed by atoms with Crippen LogP contribution in [0, 0.1) is 0 Å². The average Bonchev–Trinajstić information content (AvgIpc) is 2.90. The maximum absolute atomic E-state index is 5.54. The number of benzene rings is 1. The van der Waals surface area contributed by atoms with Crippen molar-refractivity contribution in [3.63, 3.8) is 0 Å². The molecule has 0 aliphatic rings. The molecule has 3 rings (SSSR count). The molecule has 0 bridgehead atoms. The Morgan fingerprint density at radius 1 is 1.12 bits per heavy atom. The van der Waals surface area contributed by atoms with Crippen molar-refractivity contribution in [1.82, 2.24) is 14.5 Å². The predicted molar refractivity (Wildman–Crippen MR) is 99.6 cm³/mol. The lowest BCUT2D eigenvalue weighted by Crippen LogP contribution is -2.28. The zero-order valence-electron chi connectivity index (χ0n) is 15.3. The van der Waals surface area contributed by atoms with Crippen LogP contribution in [0.1, 0.15) is 26.3 Å². The van der Waals surface area contributed by atoms with Gasteiger partial charge >= 0.3 is 0 Å². The molecule has 0 saturated carbocycles. The molecule has 6 nitrogen and oxygen atoms in total. The molecule has 0 spiro atoms. The summed E-state index contributed by atoms with van der Waals surface area (Å²) in [6.45, 7) is 6.95. The van der Waals surface area contributed by atoms with Gasteiger partial charge in [-0.05, 0) is 45.0 Å². The number of rotatable bonds is 5. The van der Waals surface area contributed by atoms with Crippen LogP contribution in [-0.2, 0) is 6.54 Å². The fraction of sp³-hybridized carbons (Fsp3) is 0.368. The third-order valence-corrected chi connectivity index (χ3v) is 3.83. The molecule has 0 atom stereocenters. The summed E-state index contributed by atoms with van der Waals surface area (Å²) in [4.78, 5) is 9.04. The summed E-state index contributed by atoms with van der Waals surface area (Å²) >= 11 is 0. The van der Waals surface area contributed by atoms with E-state index in [4.69, 9.17) is 9.47 Å². The highest BCUT2D eigenvalue weighted by Crippen LogP contribution is 2.28. The second-order valence-electron chi connectivity index (χ2n) is 6.92. The minimum atomic E-state index is -0.108. The molecule has 3 aromatic rings. The monoisotopic (exact) mass is 340 g/mol. The number of hydrogen-bond donors (Lipinski definition) is 1. The summed E-state index contributed by atoms with van der Waals surface area (Å²) in [5, 5.41) is 3.47. The highest BCUT2D eigenvalue weighted by molar-refractivity contribution is 5.75. The number of methoxy groups -OCH3 is 2. The number of nitrogens with one attached hydrogen (secondary N) is 1. The summed E-state index contributed by atoms with van der Waals surface area (Å²) in [5.74, 6) is 2.34. The van der Waals surface area contributed by atoms with E-state index in [1.165, 1.54) is 0 Å². The van der Waals surface area contributed by atoms with E-state index in [0.29, 0.717) is 6.54 Å². The van der Waals surface area contributed by atoms with Crippen LogP contribution in [0.2, 0.25) is 0 Å². The number of hydrogen-bond acceptors (Lipinski definition) is 5. The van der Waals surface area contributed by atoms with Gasteiger partial charge in [-0.1, -0.05) is 0 Å². The van der Waals surface area contributed by atoms with Crippen molar-refractivity contribution in [2.75, 3.05) is 19.5 Å². The Morgan fingerprint density at radius 3 is 2.60 bits per heavy atom. The third kappa shape index (κ3) is 3.68. The van der Waals surface area contributed by atoms with E-state index in [-0.39, 0.29) is 5.54 Å². The Bertz CT molecular complexity index is 881. The van der Waals surface area contributed by atoms with Crippen LogP contribution < -0.4 is 14.8 Å². The fourth-order valence-electron chi connectivity index (χ4n) is 2.70. The average molecular weight is 340 g/mol. The van der Waals surface area contributed by atoms with E-state index >= 15 is 0 Å². The molecule has 0 radical (unpaired) electrons. The van der Waals surface area contributed by atoms with Crippen LogP contribution in [0.3, 0.4) is 0 Å². The Morgan fingerprint density at radius 2 is 1.92 bits per heavy atom. The number of ether oxygens (including phenoxy) is 2. The standard InChI is InChI=1S/C19H24N4O2/c1-19(2,3)22-18-21-17-15(7-6-10-20-17)23(18)12-13-8-9-14(24-4)11-16(13)25-5/h6-11H,12H2,1-5H3,(H,20,21,22). The summed E-state index contributed by atoms with van der Waals surface area (Å²) in [6, 6.07) is 9.79. The Kier molecular flexibility index (Phi) is 4.53. The Balaban J connectivity index is 2.07. The zero-order valence-corrected chi connectivity index (χ0v) is 15.3. The van der Waals surface area contributed by atoms with Crippen molar-refractivity contribution in [3.05, 3.63) is 42.1 Å². The van der Waals surface area contributed by atoms with Gasteiger partial charge in [0.25, 0.3) is 0 Å². The summed E-state index contributed by atoms with van der Waals surface area (Å²) in [6.07, 6.45) is 1.76. The highest BCUT2D eigenvalue weighted by Gasteiger charge is 2.18. The lowest BCUT2D eigenvalue weighted by molar-refractivity contribution is 0.390. The first-order valence-electron chi connectivity index (χ1n) is 8.21. The van der Waals surface area contributed by atoms with Gasteiger partial charge in [-0.2, -0.15) is 4.98 Å². The van der Waals surface area contributed by atoms with Crippen LogP contribution >= 0.6 is 0 Å². The van der Waals surface area contributed by atoms with Gasteiger partial charge in [0.1, 0.15) is 11.5 Å². The number of anilines is 1. The second-order valence-corrected chi connectivity index (χ2v) is 6.92. The molecule has 0 unspecified atom stereocenters. The number of aromatic nitrogens is 3. The molecular formula is C19H24N4O2. The number of nitrogens with zero attached hydrogens (tertiary/aromatic N) is 3. The largest absolute Gasteiger partial charge is 0.497 e. The first kappa shape index (κ1) is 17.1. The van der Waals surface area contributed by atoms with E-state index < -0.39 is 0 Å². The SMILES string of the molecule is COc1ccc(Cn2c(NC(C)(C)C)nc3ncccc32)c(OC)c1. The molecule has 0 aliphatic carbocycles. The molecule has 2 heterocycles. The molecule has 1 aromatic carbocycles. The van der Waals surface area contributed by atoms with Crippen molar-refractivity contribution >= 4 is 17.1 Å². The van der Waals surface area contributed by atoms with Crippen LogP contribution in [0.25, 0.3) is 11.2 Å². The van der Waals surface area contributed by atoms with Gasteiger partial charge in [-0.25, -0.2) is 4.98 Å². The van der Waals surface area contributed by atoms with Gasteiger partial charge in [-0.15, -0.1) is 0 Å². The molecule has 0 aliphatic heterocycles. The van der Waals surface area contributed by atoms with Crippen molar-refractivity contribution in [3.8, 4) is 11.5 Å². The van der Waals surface area contributed by atoms with Crippen LogP contribution in [-0.4, -0.2) is 34.3 Å². The maximum atomic E-state index is 5.54. The normalized spacial score (nSPS) is 11.6. The Labute approximate surface area is 147 Å². The van der Waals surface area contributed by atoms with Gasteiger partial charge in [0.15, 0.2) is 5.65 Å². The quantitative estimate of drug-likeness (QED) is 0.767. The van der Waals surface area contributed by atoms with E-state index in [2.05, 4.69) is 40.6 Å². The fourth-order valence-corrected chi connectivity index (χ4v) is 2.70. The van der Waals surface area contributed by atoms with Crippen molar-refractivity contribution in [1.29, 1.82) is 0 Å². The molecule has 0 fully saturated rings. The van der Waals surface area contributed by atoms with Gasteiger partial charge < -0.3 is 19.4 Å². The molecule has 0 amide bonds. The van der Waals surface area contributed by atoms with Crippen molar-refractivity contribution in [2.24, 2.45) is 0 Å². The maximum Gasteiger partial charge on any atom is 0.206 e. The van der Waals surface area contributed by atoms with Crippen LogP contribution in [0.5, 0.6) is 11.5 Å². The van der Waals surface area contributed by atoms with Gasteiger partial charge in [0.2, 0.25) is 5.95 Å². The van der Waals surface area contributed by atoms with E-state index in [9.17, 15) is 0 Å². The summed E-state index contributed by atoms with van der Waals surface area (Å²) < 4.78 is 12.9. The zero-order chi connectivity index (χ0) is 18.0. The highest BCUT2D eigenvalue weighted by atomic mass is 16.5. The third-order valence-electron chi connectivity index (χ3n) is 3.83.